The van der Waals surface area contributed by atoms with Gasteiger partial charge in [0.2, 0.25) is 11.8 Å². The zero-order chi connectivity index (χ0) is 25.1. The first-order valence-corrected chi connectivity index (χ1v) is 12.1. The molecule has 190 valence electrons. The summed E-state index contributed by atoms with van der Waals surface area (Å²) in [5, 5.41) is 11.4. The Morgan fingerprint density at radius 3 is 2.83 bits per heavy atom. The highest BCUT2D eigenvalue weighted by Gasteiger charge is 2.31. The number of carbonyl (C=O) groups excluding carboxylic acids is 2. The highest BCUT2D eigenvalue weighted by atomic mass is 16.5. The zero-order valence-electron chi connectivity index (χ0n) is 20.2. The van der Waals surface area contributed by atoms with Crippen molar-refractivity contribution in [2.45, 2.75) is 44.2 Å². The Balaban J connectivity index is 1.41. The number of hydrogen-bond acceptors (Lipinski definition) is 6. The number of nitrogens with one attached hydrogen (secondary N) is 1. The molecule has 2 atom stereocenters. The second-order valence-corrected chi connectivity index (χ2v) is 9.35. The lowest BCUT2D eigenvalue weighted by atomic mass is 10.0. The van der Waals surface area contributed by atoms with Crippen LogP contribution in [-0.4, -0.2) is 87.9 Å². The highest BCUT2D eigenvalue weighted by Crippen LogP contribution is 2.25. The van der Waals surface area contributed by atoms with E-state index in [0.717, 1.165) is 43.6 Å². The lowest BCUT2D eigenvalue weighted by Crippen LogP contribution is -2.44. The number of morpholine rings is 1. The van der Waals surface area contributed by atoms with Crippen molar-refractivity contribution in [1.29, 1.82) is 0 Å². The molecule has 11 heteroatoms. The van der Waals surface area contributed by atoms with Crippen LogP contribution in [0, 0.1) is 0 Å². The van der Waals surface area contributed by atoms with Crippen molar-refractivity contribution in [3.05, 3.63) is 34.2 Å². The van der Waals surface area contributed by atoms with Gasteiger partial charge in [-0.1, -0.05) is 12.1 Å². The molecule has 0 saturated carbocycles. The number of ether oxygens (including phenoxy) is 1. The Hall–Kier alpha value is -3.18. The van der Waals surface area contributed by atoms with E-state index in [1.54, 1.807) is 18.7 Å². The number of imidazole rings is 1. The molecule has 3 amide bonds. The molecular weight excluding hydrogens is 454 g/mol. The minimum atomic E-state index is -0.937. The van der Waals surface area contributed by atoms with Crippen LogP contribution in [-0.2, 0) is 27.8 Å². The van der Waals surface area contributed by atoms with Crippen LogP contribution in [0.3, 0.4) is 0 Å². The average Bonchev–Trinajstić information content (AvgIpc) is 3.08. The van der Waals surface area contributed by atoms with Gasteiger partial charge in [-0.15, -0.1) is 0 Å². The standard InChI is InChI=1S/C24H33N5O6/c1-26(24(33)34)12-10-17-15-28(13-14-35-17)11-4-6-16-5-3-7-18-21(16)27(2)23(32)29(18)19-8-9-20(30)25-22(19)31/h3,5,7,17,19H,4,6,8-15H2,1-2H3,(H,33,34)(H,25,30,31)/t17-,19?/m1/s1. The molecule has 1 unspecified atom stereocenters. The number of fused-ring (bicyclic) bond motifs is 1. The van der Waals surface area contributed by atoms with Gasteiger partial charge in [-0.05, 0) is 43.9 Å². The molecule has 35 heavy (non-hydrogen) atoms. The summed E-state index contributed by atoms with van der Waals surface area (Å²) in [6.07, 6.45) is 1.92. The van der Waals surface area contributed by atoms with Gasteiger partial charge in [-0.2, -0.15) is 0 Å². The van der Waals surface area contributed by atoms with E-state index in [-0.39, 0.29) is 24.1 Å². The normalized spacial score (nSPS) is 21.3. The fraction of sp³-hybridized carbons (Fsp3) is 0.583. The topological polar surface area (TPSA) is 126 Å². The number of imide groups is 1. The number of para-hydroxylation sites is 1. The molecule has 1 aromatic heterocycles. The van der Waals surface area contributed by atoms with E-state index in [1.807, 2.05) is 18.2 Å². The molecule has 3 heterocycles. The number of aromatic nitrogens is 2. The molecule has 2 saturated heterocycles. The number of amides is 3. The van der Waals surface area contributed by atoms with Gasteiger partial charge in [0.15, 0.2) is 0 Å². The third-order valence-electron chi connectivity index (χ3n) is 6.96. The Labute approximate surface area is 203 Å². The Morgan fingerprint density at radius 2 is 2.09 bits per heavy atom. The Kier molecular flexibility index (Phi) is 7.56. The third-order valence-corrected chi connectivity index (χ3v) is 6.96. The summed E-state index contributed by atoms with van der Waals surface area (Å²) >= 11 is 0. The summed E-state index contributed by atoms with van der Waals surface area (Å²) in [5.41, 5.74) is 2.31. The van der Waals surface area contributed by atoms with Crippen molar-refractivity contribution in [2.24, 2.45) is 7.05 Å². The molecule has 2 fully saturated rings. The molecule has 2 aliphatic heterocycles. The number of nitrogens with zero attached hydrogens (tertiary/aromatic N) is 4. The largest absolute Gasteiger partial charge is 0.465 e. The zero-order valence-corrected chi connectivity index (χ0v) is 20.2. The number of piperidine rings is 1. The summed E-state index contributed by atoms with van der Waals surface area (Å²) in [4.78, 5) is 51.7. The summed E-state index contributed by atoms with van der Waals surface area (Å²) in [6.45, 7) is 3.53. The van der Waals surface area contributed by atoms with E-state index in [2.05, 4.69) is 10.2 Å². The summed E-state index contributed by atoms with van der Waals surface area (Å²) < 4.78 is 8.92. The molecule has 2 aliphatic rings. The molecule has 2 N–H and O–H groups in total. The van der Waals surface area contributed by atoms with Crippen LogP contribution in [0.15, 0.2) is 23.0 Å². The van der Waals surface area contributed by atoms with Gasteiger partial charge in [0, 0.05) is 40.2 Å². The van der Waals surface area contributed by atoms with E-state index < -0.39 is 18.0 Å². The Bertz CT molecular complexity index is 1170. The van der Waals surface area contributed by atoms with Crippen LogP contribution in [0.25, 0.3) is 11.0 Å². The van der Waals surface area contributed by atoms with Crippen molar-refractivity contribution < 1.29 is 24.2 Å². The van der Waals surface area contributed by atoms with Gasteiger partial charge in [0.1, 0.15) is 6.04 Å². The van der Waals surface area contributed by atoms with Gasteiger partial charge in [0.25, 0.3) is 0 Å². The van der Waals surface area contributed by atoms with Gasteiger partial charge < -0.3 is 14.7 Å². The Morgan fingerprint density at radius 1 is 1.29 bits per heavy atom. The fourth-order valence-electron chi connectivity index (χ4n) is 5.04. The lowest BCUT2D eigenvalue weighted by molar-refractivity contribution is -0.135. The third kappa shape index (κ3) is 5.40. The van der Waals surface area contributed by atoms with Crippen LogP contribution in [0.4, 0.5) is 4.79 Å². The van der Waals surface area contributed by atoms with Crippen molar-refractivity contribution in [3.63, 3.8) is 0 Å². The first kappa shape index (κ1) is 24.9. The maximum atomic E-state index is 13.1. The quantitative estimate of drug-likeness (QED) is 0.531. The van der Waals surface area contributed by atoms with E-state index in [9.17, 15) is 19.2 Å². The maximum absolute atomic E-state index is 13.1. The highest BCUT2D eigenvalue weighted by molar-refractivity contribution is 6.00. The predicted octanol–water partition coefficient (Wildman–Crippen LogP) is 0.951. The van der Waals surface area contributed by atoms with E-state index in [0.29, 0.717) is 31.5 Å². The number of aryl methyl sites for hydroxylation is 2. The summed E-state index contributed by atoms with van der Waals surface area (Å²) in [5.74, 6) is -0.739. The van der Waals surface area contributed by atoms with Crippen LogP contribution >= 0.6 is 0 Å². The summed E-state index contributed by atoms with van der Waals surface area (Å²) in [7, 11) is 3.28. The lowest BCUT2D eigenvalue weighted by Gasteiger charge is -2.33. The maximum Gasteiger partial charge on any atom is 0.407 e. The second-order valence-electron chi connectivity index (χ2n) is 9.35. The van der Waals surface area contributed by atoms with Crippen LogP contribution < -0.4 is 11.0 Å². The number of carboxylic acid groups (broad SMARTS) is 1. The van der Waals surface area contributed by atoms with Crippen LogP contribution in [0.2, 0.25) is 0 Å². The minimum absolute atomic E-state index is 0.0114. The molecular formula is C24H33N5O6. The molecule has 0 bridgehead atoms. The molecule has 0 spiro atoms. The SMILES string of the molecule is CN(CC[C@@H]1CN(CCCc2cccc3c2n(C)c(=O)n3C2CCC(=O)NC2=O)CCO1)C(=O)O. The molecule has 0 radical (unpaired) electrons. The number of benzene rings is 1. The minimum Gasteiger partial charge on any atom is -0.465 e. The number of hydrogen-bond donors (Lipinski definition) is 2. The van der Waals surface area contributed by atoms with E-state index in [4.69, 9.17) is 9.84 Å². The van der Waals surface area contributed by atoms with E-state index >= 15 is 0 Å². The van der Waals surface area contributed by atoms with Crippen molar-refractivity contribution in [1.82, 2.24) is 24.3 Å². The molecule has 11 nitrogen and oxygen atoms in total. The van der Waals surface area contributed by atoms with Gasteiger partial charge >= 0.3 is 11.8 Å². The van der Waals surface area contributed by atoms with Gasteiger partial charge in [0.05, 0.1) is 23.7 Å². The number of rotatable bonds is 8. The second kappa shape index (κ2) is 10.6. The van der Waals surface area contributed by atoms with E-state index in [1.165, 1.54) is 9.47 Å². The number of carbonyl (C=O) groups is 3. The van der Waals surface area contributed by atoms with Crippen LogP contribution in [0.5, 0.6) is 0 Å². The molecule has 1 aromatic carbocycles. The van der Waals surface area contributed by atoms with Crippen LogP contribution in [0.1, 0.15) is 37.3 Å². The monoisotopic (exact) mass is 487 g/mol. The predicted molar refractivity (Wildman–Crippen MR) is 128 cm³/mol. The summed E-state index contributed by atoms with van der Waals surface area (Å²) in [6, 6.07) is 5.08. The van der Waals surface area contributed by atoms with Gasteiger partial charge in [-0.25, -0.2) is 9.59 Å². The molecule has 4 rings (SSSR count). The molecule has 2 aromatic rings. The van der Waals surface area contributed by atoms with Crippen molar-refractivity contribution in [3.8, 4) is 0 Å². The first-order valence-electron chi connectivity index (χ1n) is 12.1. The molecule has 0 aliphatic carbocycles. The van der Waals surface area contributed by atoms with Crippen molar-refractivity contribution >= 4 is 28.9 Å². The van der Waals surface area contributed by atoms with Crippen molar-refractivity contribution in [2.75, 3.05) is 39.8 Å². The fourth-order valence-corrected chi connectivity index (χ4v) is 5.04. The van der Waals surface area contributed by atoms with Gasteiger partial charge in [-0.3, -0.25) is 28.9 Å². The average molecular weight is 488 g/mol. The first-order chi connectivity index (χ1) is 16.8. The smallest absolute Gasteiger partial charge is 0.407 e.